The van der Waals surface area contributed by atoms with E-state index < -0.39 is 0 Å². The van der Waals surface area contributed by atoms with Gasteiger partial charge in [0, 0.05) is 17.1 Å². The Morgan fingerprint density at radius 2 is 1.94 bits per heavy atom. The number of fused-ring (bicyclic) bond motifs is 1. The van der Waals surface area contributed by atoms with E-state index in [9.17, 15) is 0 Å². The zero-order valence-electron chi connectivity index (χ0n) is 9.90. The molecular formula is C15H13NS. The molecule has 0 saturated heterocycles. The van der Waals surface area contributed by atoms with E-state index in [1.54, 1.807) is 11.3 Å². The summed E-state index contributed by atoms with van der Waals surface area (Å²) in [6, 6.07) is 11.0. The highest BCUT2D eigenvalue weighted by molar-refractivity contribution is 7.13. The van der Waals surface area contributed by atoms with Crippen LogP contribution in [0.3, 0.4) is 0 Å². The van der Waals surface area contributed by atoms with Gasteiger partial charge in [-0.15, -0.1) is 11.3 Å². The Hall–Kier alpha value is -1.67. The fourth-order valence-corrected chi connectivity index (χ4v) is 2.95. The minimum atomic E-state index is 1.11. The molecule has 0 atom stereocenters. The van der Waals surface area contributed by atoms with E-state index in [1.165, 1.54) is 27.5 Å². The summed E-state index contributed by atoms with van der Waals surface area (Å²) < 4.78 is 0. The number of thiazole rings is 1. The summed E-state index contributed by atoms with van der Waals surface area (Å²) >= 11 is 1.70. The number of rotatable bonds is 1. The molecule has 0 N–H and O–H groups in total. The molecule has 0 fully saturated rings. The predicted octanol–water partition coefficient (Wildman–Crippen LogP) is 4.58. The average Bonchev–Trinajstić information content (AvgIpc) is 2.82. The summed E-state index contributed by atoms with van der Waals surface area (Å²) in [7, 11) is 0. The van der Waals surface area contributed by atoms with Crippen LogP contribution in [0.2, 0.25) is 0 Å². The first kappa shape index (κ1) is 10.5. The van der Waals surface area contributed by atoms with Crippen molar-refractivity contribution in [2.45, 2.75) is 13.8 Å². The zero-order chi connectivity index (χ0) is 11.8. The second-order valence-electron chi connectivity index (χ2n) is 4.32. The highest BCUT2D eigenvalue weighted by atomic mass is 32.1. The van der Waals surface area contributed by atoms with E-state index in [4.69, 9.17) is 0 Å². The lowest BCUT2D eigenvalue weighted by atomic mass is 9.99. The summed E-state index contributed by atoms with van der Waals surface area (Å²) in [5.74, 6) is 0. The van der Waals surface area contributed by atoms with E-state index >= 15 is 0 Å². The van der Waals surface area contributed by atoms with Gasteiger partial charge in [-0.1, -0.05) is 35.9 Å². The van der Waals surface area contributed by atoms with Crippen molar-refractivity contribution in [2.75, 3.05) is 0 Å². The van der Waals surface area contributed by atoms with Crippen LogP contribution < -0.4 is 0 Å². The molecule has 0 bridgehead atoms. The maximum atomic E-state index is 4.44. The summed E-state index contributed by atoms with van der Waals surface area (Å²) in [6.45, 7) is 4.28. The molecule has 0 aliphatic heterocycles. The number of aromatic nitrogens is 1. The summed E-state index contributed by atoms with van der Waals surface area (Å²) in [6.07, 6.45) is 1.87. The first-order chi connectivity index (χ1) is 8.25. The molecule has 2 aromatic carbocycles. The van der Waals surface area contributed by atoms with Crippen LogP contribution in [0, 0.1) is 13.8 Å². The summed E-state index contributed by atoms with van der Waals surface area (Å²) in [5, 5.41) is 5.73. The van der Waals surface area contributed by atoms with E-state index in [0.717, 1.165) is 5.01 Å². The monoisotopic (exact) mass is 239 g/mol. The van der Waals surface area contributed by atoms with E-state index in [-0.39, 0.29) is 0 Å². The third-order valence-electron chi connectivity index (χ3n) is 3.03. The Balaban J connectivity index is 2.40. The second kappa shape index (κ2) is 3.97. The standard InChI is InChI=1S/C15H13NS/c1-10-3-6-13-12(9-10)5-4-11(2)14(13)15-16-7-8-17-15/h3-9H,1-2H3. The van der Waals surface area contributed by atoms with Gasteiger partial charge >= 0.3 is 0 Å². The van der Waals surface area contributed by atoms with Crippen molar-refractivity contribution in [3.8, 4) is 10.6 Å². The van der Waals surface area contributed by atoms with Crippen molar-refractivity contribution in [2.24, 2.45) is 0 Å². The van der Waals surface area contributed by atoms with Crippen molar-refractivity contribution in [3.63, 3.8) is 0 Å². The van der Waals surface area contributed by atoms with Crippen LogP contribution in [0.4, 0.5) is 0 Å². The molecule has 17 heavy (non-hydrogen) atoms. The molecular weight excluding hydrogens is 226 g/mol. The van der Waals surface area contributed by atoms with Gasteiger partial charge in [0.15, 0.2) is 0 Å². The predicted molar refractivity (Wildman–Crippen MR) is 74.5 cm³/mol. The number of aryl methyl sites for hydroxylation is 2. The molecule has 1 heterocycles. The summed E-state index contributed by atoms with van der Waals surface area (Å²) in [4.78, 5) is 4.44. The van der Waals surface area contributed by atoms with Crippen LogP contribution >= 0.6 is 11.3 Å². The molecule has 1 aromatic heterocycles. The quantitative estimate of drug-likeness (QED) is 0.605. The maximum absolute atomic E-state index is 4.44. The highest BCUT2D eigenvalue weighted by Gasteiger charge is 2.09. The SMILES string of the molecule is Cc1ccc2c(-c3nccs3)c(C)ccc2c1. The number of nitrogens with zero attached hydrogens (tertiary/aromatic N) is 1. The van der Waals surface area contributed by atoms with E-state index in [0.29, 0.717) is 0 Å². The maximum Gasteiger partial charge on any atom is 0.124 e. The molecule has 0 unspecified atom stereocenters. The molecule has 0 radical (unpaired) electrons. The average molecular weight is 239 g/mol. The smallest absolute Gasteiger partial charge is 0.124 e. The van der Waals surface area contributed by atoms with Gasteiger partial charge in [-0.3, -0.25) is 0 Å². The van der Waals surface area contributed by atoms with Gasteiger partial charge in [-0.2, -0.15) is 0 Å². The zero-order valence-corrected chi connectivity index (χ0v) is 10.7. The molecule has 0 aliphatic carbocycles. The fourth-order valence-electron chi connectivity index (χ4n) is 2.19. The Morgan fingerprint density at radius 3 is 2.71 bits per heavy atom. The topological polar surface area (TPSA) is 12.9 Å². The van der Waals surface area contributed by atoms with Crippen molar-refractivity contribution >= 4 is 22.1 Å². The lowest BCUT2D eigenvalue weighted by Gasteiger charge is -2.08. The van der Waals surface area contributed by atoms with Crippen LogP contribution in [0.5, 0.6) is 0 Å². The second-order valence-corrected chi connectivity index (χ2v) is 5.21. The Labute approximate surface area is 105 Å². The first-order valence-electron chi connectivity index (χ1n) is 5.65. The molecule has 0 spiro atoms. The highest BCUT2D eigenvalue weighted by Crippen LogP contribution is 2.33. The molecule has 0 saturated carbocycles. The lowest BCUT2D eigenvalue weighted by Crippen LogP contribution is -1.86. The van der Waals surface area contributed by atoms with Gasteiger partial charge in [0.1, 0.15) is 5.01 Å². The third kappa shape index (κ3) is 1.75. The van der Waals surface area contributed by atoms with E-state index in [2.05, 4.69) is 49.2 Å². The van der Waals surface area contributed by atoms with Crippen molar-refractivity contribution in [1.29, 1.82) is 0 Å². The molecule has 1 nitrogen and oxygen atoms in total. The summed E-state index contributed by atoms with van der Waals surface area (Å²) in [5.41, 5.74) is 3.86. The molecule has 2 heteroatoms. The number of benzene rings is 2. The van der Waals surface area contributed by atoms with Crippen LogP contribution in [0.25, 0.3) is 21.3 Å². The van der Waals surface area contributed by atoms with Gasteiger partial charge < -0.3 is 0 Å². The van der Waals surface area contributed by atoms with Crippen LogP contribution in [-0.2, 0) is 0 Å². The van der Waals surface area contributed by atoms with Gasteiger partial charge in [0.25, 0.3) is 0 Å². The van der Waals surface area contributed by atoms with Gasteiger partial charge in [-0.05, 0) is 30.2 Å². The normalized spacial score (nSPS) is 10.9. The van der Waals surface area contributed by atoms with E-state index in [1.807, 2.05) is 11.6 Å². The minimum absolute atomic E-state index is 1.11. The Bertz CT molecular complexity index is 669. The van der Waals surface area contributed by atoms with Crippen molar-refractivity contribution < 1.29 is 0 Å². The van der Waals surface area contributed by atoms with Crippen LogP contribution in [-0.4, -0.2) is 4.98 Å². The molecule has 3 aromatic rings. The van der Waals surface area contributed by atoms with Gasteiger partial charge in [0.2, 0.25) is 0 Å². The lowest BCUT2D eigenvalue weighted by molar-refractivity contribution is 1.39. The van der Waals surface area contributed by atoms with Crippen molar-refractivity contribution in [3.05, 3.63) is 53.0 Å². The Morgan fingerprint density at radius 1 is 1.06 bits per heavy atom. The van der Waals surface area contributed by atoms with Crippen LogP contribution in [0.1, 0.15) is 11.1 Å². The van der Waals surface area contributed by atoms with Gasteiger partial charge in [-0.25, -0.2) is 4.98 Å². The fraction of sp³-hybridized carbons (Fsp3) is 0.133. The van der Waals surface area contributed by atoms with Crippen LogP contribution in [0.15, 0.2) is 41.9 Å². The van der Waals surface area contributed by atoms with Crippen molar-refractivity contribution in [1.82, 2.24) is 4.98 Å². The molecule has 0 amide bonds. The molecule has 84 valence electrons. The minimum Gasteiger partial charge on any atom is -0.245 e. The Kier molecular flexibility index (Phi) is 2.45. The number of hydrogen-bond acceptors (Lipinski definition) is 2. The third-order valence-corrected chi connectivity index (χ3v) is 3.82. The first-order valence-corrected chi connectivity index (χ1v) is 6.53. The number of hydrogen-bond donors (Lipinski definition) is 0. The molecule has 0 aliphatic rings. The van der Waals surface area contributed by atoms with Gasteiger partial charge in [0.05, 0.1) is 0 Å². The molecule has 3 rings (SSSR count). The largest absolute Gasteiger partial charge is 0.245 e.